The smallest absolute Gasteiger partial charge is 0.345 e. The van der Waals surface area contributed by atoms with Gasteiger partial charge in [0.1, 0.15) is 10.6 Å². The van der Waals surface area contributed by atoms with Crippen molar-refractivity contribution in [2.24, 2.45) is 0 Å². The van der Waals surface area contributed by atoms with Gasteiger partial charge in [0.25, 0.3) is 5.91 Å². The first-order valence-electron chi connectivity index (χ1n) is 7.70. The maximum Gasteiger partial charge on any atom is 0.345 e. The number of carbonyl (C=O) groups is 2. The minimum absolute atomic E-state index is 0.121. The van der Waals surface area contributed by atoms with E-state index in [1.165, 1.54) is 29.2 Å². The van der Waals surface area contributed by atoms with Gasteiger partial charge in [-0.1, -0.05) is 6.07 Å². The van der Waals surface area contributed by atoms with Crippen molar-refractivity contribution < 1.29 is 27.9 Å². The lowest BCUT2D eigenvalue weighted by Gasteiger charge is -2.16. The maximum atomic E-state index is 12.2. The molecule has 0 bridgehead atoms. The van der Waals surface area contributed by atoms with Gasteiger partial charge in [0.05, 0.1) is 16.4 Å². The zero-order chi connectivity index (χ0) is 19.3. The molecule has 2 aromatic rings. The summed E-state index contributed by atoms with van der Waals surface area (Å²) in [5.41, 5.74) is 0. The van der Waals surface area contributed by atoms with Crippen molar-refractivity contribution in [2.75, 3.05) is 26.5 Å². The van der Waals surface area contributed by atoms with Crippen molar-refractivity contribution in [3.8, 4) is 5.75 Å². The number of rotatable bonds is 8. The van der Waals surface area contributed by atoms with Gasteiger partial charge in [-0.2, -0.15) is 0 Å². The Hall–Kier alpha value is -2.39. The highest BCUT2D eigenvalue weighted by atomic mass is 32.2. The summed E-state index contributed by atoms with van der Waals surface area (Å²) in [5.74, 6) is -0.853. The lowest BCUT2D eigenvalue weighted by Crippen LogP contribution is -2.28. The number of carboxylic acid groups (broad SMARTS) is 1. The fourth-order valence-electron chi connectivity index (χ4n) is 2.14. The second-order valence-electron chi connectivity index (χ2n) is 5.64. The molecule has 0 saturated carbocycles. The van der Waals surface area contributed by atoms with Gasteiger partial charge in [-0.25, -0.2) is 13.2 Å². The molecule has 1 aromatic carbocycles. The van der Waals surface area contributed by atoms with Gasteiger partial charge >= 0.3 is 5.97 Å². The maximum absolute atomic E-state index is 12.2. The van der Waals surface area contributed by atoms with Gasteiger partial charge in [0.15, 0.2) is 9.84 Å². The molecule has 0 aliphatic heterocycles. The van der Waals surface area contributed by atoms with Crippen molar-refractivity contribution in [2.45, 2.75) is 11.3 Å². The van der Waals surface area contributed by atoms with Crippen LogP contribution in [0.3, 0.4) is 0 Å². The molecular formula is C17H19NO6S2. The molecule has 26 heavy (non-hydrogen) atoms. The minimum atomic E-state index is -3.29. The topological polar surface area (TPSA) is 101 Å². The predicted molar refractivity (Wildman–Crippen MR) is 97.9 cm³/mol. The van der Waals surface area contributed by atoms with E-state index in [4.69, 9.17) is 9.84 Å². The molecule has 0 fully saturated rings. The average Bonchev–Trinajstić information content (AvgIpc) is 3.07. The molecule has 1 N–H and O–H groups in total. The van der Waals surface area contributed by atoms with Crippen LogP contribution in [-0.2, 0) is 9.84 Å². The molecule has 1 amide bonds. The number of aromatic carboxylic acids is 1. The summed E-state index contributed by atoms with van der Waals surface area (Å²) < 4.78 is 28.6. The Kier molecular flexibility index (Phi) is 6.38. The molecule has 0 unspecified atom stereocenters. The van der Waals surface area contributed by atoms with E-state index in [0.29, 0.717) is 30.2 Å². The molecule has 0 atom stereocenters. The number of benzene rings is 1. The van der Waals surface area contributed by atoms with Crippen LogP contribution in [0.5, 0.6) is 5.75 Å². The van der Waals surface area contributed by atoms with E-state index in [-0.39, 0.29) is 15.7 Å². The van der Waals surface area contributed by atoms with Crippen LogP contribution >= 0.6 is 11.3 Å². The number of amides is 1. The molecule has 0 spiro atoms. The Morgan fingerprint density at radius 3 is 2.50 bits per heavy atom. The van der Waals surface area contributed by atoms with Crippen molar-refractivity contribution in [1.29, 1.82) is 0 Å². The highest BCUT2D eigenvalue weighted by Gasteiger charge is 2.16. The lowest BCUT2D eigenvalue weighted by molar-refractivity contribution is 0.0701. The Balaban J connectivity index is 1.83. The summed E-state index contributed by atoms with van der Waals surface area (Å²) in [6.45, 7) is 0.737. The van der Waals surface area contributed by atoms with Crippen LogP contribution in [0.2, 0.25) is 0 Å². The number of hydrogen-bond donors (Lipinski definition) is 1. The van der Waals surface area contributed by atoms with Crippen molar-refractivity contribution >= 4 is 33.1 Å². The average molecular weight is 397 g/mol. The molecule has 0 aliphatic rings. The molecule has 0 radical (unpaired) electrons. The predicted octanol–water partition coefficient (Wildman–Crippen LogP) is 2.39. The van der Waals surface area contributed by atoms with E-state index in [0.717, 1.165) is 17.6 Å². The van der Waals surface area contributed by atoms with E-state index in [2.05, 4.69) is 0 Å². The standard InChI is InChI=1S/C17H19NO6S2/c1-18(16(19)14-7-8-15(25-14)17(20)21)9-4-10-24-12-5-3-6-13(11-12)26(2,22)23/h3,5-8,11H,4,9-10H2,1-2H3,(H,20,21). The first-order chi connectivity index (χ1) is 12.2. The first-order valence-corrected chi connectivity index (χ1v) is 10.4. The Labute approximate surface area is 155 Å². The van der Waals surface area contributed by atoms with E-state index in [1.807, 2.05) is 0 Å². The van der Waals surface area contributed by atoms with Crippen molar-refractivity contribution in [1.82, 2.24) is 4.90 Å². The van der Waals surface area contributed by atoms with Crippen LogP contribution in [0, 0.1) is 0 Å². The second kappa shape index (κ2) is 8.33. The van der Waals surface area contributed by atoms with Gasteiger partial charge in [0.2, 0.25) is 0 Å². The minimum Gasteiger partial charge on any atom is -0.493 e. The van der Waals surface area contributed by atoms with Gasteiger partial charge in [0, 0.05) is 19.8 Å². The van der Waals surface area contributed by atoms with Crippen LogP contribution in [-0.4, -0.2) is 56.8 Å². The van der Waals surface area contributed by atoms with E-state index in [1.54, 1.807) is 19.2 Å². The normalized spacial score (nSPS) is 11.2. The number of ether oxygens (including phenoxy) is 1. The third kappa shape index (κ3) is 5.30. The third-order valence-corrected chi connectivity index (χ3v) is 5.69. The highest BCUT2D eigenvalue weighted by Crippen LogP contribution is 2.19. The monoisotopic (exact) mass is 397 g/mol. The van der Waals surface area contributed by atoms with Gasteiger partial charge in [-0.15, -0.1) is 11.3 Å². The third-order valence-electron chi connectivity index (χ3n) is 3.51. The summed E-state index contributed by atoms with van der Waals surface area (Å²) >= 11 is 0.938. The molecule has 0 saturated heterocycles. The van der Waals surface area contributed by atoms with Gasteiger partial charge < -0.3 is 14.7 Å². The second-order valence-corrected chi connectivity index (χ2v) is 8.74. The van der Waals surface area contributed by atoms with Crippen molar-refractivity contribution in [3.05, 3.63) is 46.2 Å². The van der Waals surface area contributed by atoms with Crippen LogP contribution < -0.4 is 4.74 Å². The SMILES string of the molecule is CN(CCCOc1cccc(S(C)(=O)=O)c1)C(=O)c1ccc(C(=O)O)s1. The summed E-state index contributed by atoms with van der Waals surface area (Å²) in [4.78, 5) is 25.3. The van der Waals surface area contributed by atoms with Crippen LogP contribution in [0.4, 0.5) is 0 Å². The molecule has 1 heterocycles. The van der Waals surface area contributed by atoms with Crippen molar-refractivity contribution in [3.63, 3.8) is 0 Å². The first kappa shape index (κ1) is 19.9. The van der Waals surface area contributed by atoms with E-state index < -0.39 is 15.8 Å². The number of hydrogen-bond acceptors (Lipinski definition) is 6. The van der Waals surface area contributed by atoms with E-state index in [9.17, 15) is 18.0 Å². The molecule has 140 valence electrons. The van der Waals surface area contributed by atoms with E-state index >= 15 is 0 Å². The van der Waals surface area contributed by atoms with Crippen LogP contribution in [0.25, 0.3) is 0 Å². The summed E-state index contributed by atoms with van der Waals surface area (Å²) in [5, 5.41) is 8.90. The molecule has 2 rings (SSSR count). The molecule has 7 nitrogen and oxygen atoms in total. The Morgan fingerprint density at radius 2 is 1.88 bits per heavy atom. The van der Waals surface area contributed by atoms with Gasteiger partial charge in [-0.05, 0) is 36.8 Å². The molecule has 9 heteroatoms. The molecular weight excluding hydrogens is 378 g/mol. The van der Waals surface area contributed by atoms with Gasteiger partial charge in [-0.3, -0.25) is 4.79 Å². The lowest BCUT2D eigenvalue weighted by atomic mass is 10.3. The number of thiophene rings is 1. The number of carbonyl (C=O) groups excluding carboxylic acids is 1. The fourth-order valence-corrected chi connectivity index (χ4v) is 3.64. The zero-order valence-corrected chi connectivity index (χ0v) is 16.0. The molecule has 0 aliphatic carbocycles. The largest absolute Gasteiger partial charge is 0.493 e. The van der Waals surface area contributed by atoms with Crippen LogP contribution in [0.15, 0.2) is 41.3 Å². The summed E-state index contributed by atoms with van der Waals surface area (Å²) in [6, 6.07) is 9.15. The summed E-state index contributed by atoms with van der Waals surface area (Å²) in [6.07, 6.45) is 1.68. The number of carboxylic acids is 1. The van der Waals surface area contributed by atoms with Crippen LogP contribution in [0.1, 0.15) is 25.8 Å². The number of nitrogens with zero attached hydrogens (tertiary/aromatic N) is 1. The quantitative estimate of drug-likeness (QED) is 0.687. The highest BCUT2D eigenvalue weighted by molar-refractivity contribution is 7.90. The Morgan fingerprint density at radius 1 is 1.19 bits per heavy atom. The Bertz CT molecular complexity index is 903. The molecule has 1 aromatic heterocycles. The summed E-state index contributed by atoms with van der Waals surface area (Å²) in [7, 11) is -1.66. The fraction of sp³-hybridized carbons (Fsp3) is 0.294. The number of sulfone groups is 1. The zero-order valence-electron chi connectivity index (χ0n) is 14.3.